The Morgan fingerprint density at radius 2 is 1.38 bits per heavy atom. The average molecular weight is 389 g/mol. The molecular weight excluding hydrogens is 374 g/mol. The third-order valence-electron chi connectivity index (χ3n) is 4.57. The van der Waals surface area contributed by atoms with Crippen molar-refractivity contribution in [2.75, 3.05) is 14.2 Å². The van der Waals surface area contributed by atoms with Gasteiger partial charge in [0.25, 0.3) is 5.91 Å². The van der Waals surface area contributed by atoms with Crippen LogP contribution >= 0.6 is 0 Å². The first-order valence-electron chi connectivity index (χ1n) is 8.64. The Balaban J connectivity index is 2.20. The van der Waals surface area contributed by atoms with Crippen LogP contribution in [0.3, 0.4) is 0 Å². The van der Waals surface area contributed by atoms with Gasteiger partial charge in [-0.2, -0.15) is 0 Å². The van der Waals surface area contributed by atoms with E-state index in [-0.39, 0.29) is 22.8 Å². The number of rotatable bonds is 3. The van der Waals surface area contributed by atoms with Crippen molar-refractivity contribution in [3.05, 3.63) is 71.5 Å². The highest BCUT2D eigenvalue weighted by Gasteiger charge is 2.29. The predicted octanol–water partition coefficient (Wildman–Crippen LogP) is 2.85. The van der Waals surface area contributed by atoms with Gasteiger partial charge in [0.1, 0.15) is 0 Å². The second-order valence-corrected chi connectivity index (χ2v) is 6.13. The fourth-order valence-corrected chi connectivity index (χ4v) is 3.30. The largest absolute Gasteiger partial charge is 0.464 e. The first-order chi connectivity index (χ1) is 14.1. The summed E-state index contributed by atoms with van der Waals surface area (Å²) in [4.78, 5) is 38.1. The molecule has 0 N–H and O–H groups in total. The predicted molar refractivity (Wildman–Crippen MR) is 104 cm³/mol. The highest BCUT2D eigenvalue weighted by molar-refractivity contribution is 6.23. The van der Waals surface area contributed by atoms with Crippen LogP contribution in [0.1, 0.15) is 31.3 Å². The van der Waals surface area contributed by atoms with Crippen LogP contribution < -0.4 is 0 Å². The number of fused-ring (bicyclic) bond motifs is 3. The molecule has 0 aliphatic heterocycles. The molecule has 0 radical (unpaired) electrons. The SMILES string of the molecule is COC(=O)c1nnc(C(=O)OC)c2c1c1ccccc1n2C(=O)c1ccccc1. The monoisotopic (exact) mass is 389 g/mol. The van der Waals surface area contributed by atoms with Gasteiger partial charge in [-0.25, -0.2) is 9.59 Å². The number of hydrogen-bond donors (Lipinski definition) is 0. The van der Waals surface area contributed by atoms with Gasteiger partial charge in [-0.05, 0) is 18.2 Å². The maximum Gasteiger partial charge on any atom is 0.360 e. The van der Waals surface area contributed by atoms with E-state index in [4.69, 9.17) is 9.47 Å². The van der Waals surface area contributed by atoms with Gasteiger partial charge in [0, 0.05) is 16.3 Å². The minimum absolute atomic E-state index is 0.0917. The fourth-order valence-electron chi connectivity index (χ4n) is 3.30. The Bertz CT molecular complexity index is 1280. The third-order valence-corrected chi connectivity index (χ3v) is 4.57. The van der Waals surface area contributed by atoms with Crippen molar-refractivity contribution in [3.63, 3.8) is 0 Å². The molecule has 8 nitrogen and oxygen atoms in total. The summed E-state index contributed by atoms with van der Waals surface area (Å²) in [7, 11) is 2.43. The van der Waals surface area contributed by atoms with E-state index in [2.05, 4.69) is 10.2 Å². The molecular formula is C21H15N3O5. The normalized spacial score (nSPS) is 10.8. The topological polar surface area (TPSA) is 100 Å². The maximum absolute atomic E-state index is 13.4. The molecule has 0 fully saturated rings. The van der Waals surface area contributed by atoms with Crippen molar-refractivity contribution in [1.29, 1.82) is 0 Å². The Morgan fingerprint density at radius 1 is 0.793 bits per heavy atom. The lowest BCUT2D eigenvalue weighted by Crippen LogP contribution is -2.17. The van der Waals surface area contributed by atoms with E-state index in [9.17, 15) is 14.4 Å². The summed E-state index contributed by atoms with van der Waals surface area (Å²) in [6.07, 6.45) is 0. The summed E-state index contributed by atoms with van der Waals surface area (Å²) >= 11 is 0. The van der Waals surface area contributed by atoms with E-state index in [0.29, 0.717) is 21.9 Å². The number of ether oxygens (including phenoxy) is 2. The number of para-hydroxylation sites is 1. The fraction of sp³-hybridized carbons (Fsp3) is 0.0952. The van der Waals surface area contributed by atoms with E-state index in [1.807, 2.05) is 0 Å². The molecule has 2 aromatic carbocycles. The minimum atomic E-state index is -0.774. The zero-order valence-electron chi connectivity index (χ0n) is 15.6. The van der Waals surface area contributed by atoms with Crippen molar-refractivity contribution in [2.24, 2.45) is 0 Å². The molecule has 2 heterocycles. The summed E-state index contributed by atoms with van der Waals surface area (Å²) in [5.41, 5.74) is 0.785. The van der Waals surface area contributed by atoms with Crippen molar-refractivity contribution in [2.45, 2.75) is 0 Å². The van der Waals surface area contributed by atoms with Gasteiger partial charge in [0.15, 0.2) is 11.4 Å². The second kappa shape index (κ2) is 7.16. The number of aromatic nitrogens is 3. The van der Waals surface area contributed by atoms with Gasteiger partial charge in [-0.3, -0.25) is 9.36 Å². The lowest BCUT2D eigenvalue weighted by molar-refractivity contribution is 0.0577. The smallest absolute Gasteiger partial charge is 0.360 e. The zero-order valence-corrected chi connectivity index (χ0v) is 15.6. The van der Waals surface area contributed by atoms with Gasteiger partial charge in [-0.15, -0.1) is 10.2 Å². The van der Waals surface area contributed by atoms with Gasteiger partial charge in [0.05, 0.1) is 25.3 Å². The number of carbonyl (C=O) groups excluding carboxylic acids is 3. The van der Waals surface area contributed by atoms with E-state index in [1.165, 1.54) is 18.8 Å². The van der Waals surface area contributed by atoms with Gasteiger partial charge in [0.2, 0.25) is 0 Å². The van der Waals surface area contributed by atoms with Crippen LogP contribution in [0.5, 0.6) is 0 Å². The van der Waals surface area contributed by atoms with Crippen LogP contribution in [0.25, 0.3) is 21.8 Å². The Hall–Kier alpha value is -4.07. The van der Waals surface area contributed by atoms with Crippen molar-refractivity contribution in [3.8, 4) is 0 Å². The molecule has 0 saturated heterocycles. The molecule has 0 bridgehead atoms. The van der Waals surface area contributed by atoms with Gasteiger partial charge in [-0.1, -0.05) is 36.4 Å². The quantitative estimate of drug-likeness (QED) is 0.497. The van der Waals surface area contributed by atoms with Gasteiger partial charge >= 0.3 is 11.9 Å². The number of methoxy groups -OCH3 is 2. The number of carbonyl (C=O) groups is 3. The number of hydrogen-bond acceptors (Lipinski definition) is 7. The molecule has 2 aromatic heterocycles. The van der Waals surface area contributed by atoms with Crippen LogP contribution in [0.15, 0.2) is 54.6 Å². The molecule has 0 amide bonds. The third kappa shape index (κ3) is 2.82. The van der Waals surface area contributed by atoms with E-state index < -0.39 is 11.9 Å². The lowest BCUT2D eigenvalue weighted by Gasteiger charge is -2.09. The van der Waals surface area contributed by atoms with Crippen molar-refractivity contribution < 1.29 is 23.9 Å². The second-order valence-electron chi connectivity index (χ2n) is 6.13. The molecule has 0 aliphatic carbocycles. The van der Waals surface area contributed by atoms with Crippen LogP contribution in [-0.2, 0) is 9.47 Å². The highest BCUT2D eigenvalue weighted by Crippen LogP contribution is 2.33. The number of nitrogens with zero attached hydrogens (tertiary/aromatic N) is 3. The van der Waals surface area contributed by atoms with Crippen LogP contribution in [-0.4, -0.2) is 46.8 Å². The molecule has 0 atom stereocenters. The Labute approximate surface area is 164 Å². The van der Waals surface area contributed by atoms with Crippen LogP contribution in [0.2, 0.25) is 0 Å². The first kappa shape index (κ1) is 18.3. The molecule has 0 saturated carbocycles. The Kier molecular flexibility index (Phi) is 4.52. The van der Waals surface area contributed by atoms with E-state index in [1.54, 1.807) is 54.6 Å². The molecule has 4 aromatic rings. The summed E-state index contributed by atoms with van der Waals surface area (Å²) < 4.78 is 11.0. The molecule has 8 heteroatoms. The van der Waals surface area contributed by atoms with Crippen LogP contribution in [0, 0.1) is 0 Å². The van der Waals surface area contributed by atoms with Gasteiger partial charge < -0.3 is 9.47 Å². The average Bonchev–Trinajstić information content (AvgIpc) is 3.13. The maximum atomic E-state index is 13.4. The number of benzene rings is 2. The van der Waals surface area contributed by atoms with Crippen LogP contribution in [0.4, 0.5) is 0 Å². The zero-order chi connectivity index (χ0) is 20.5. The summed E-state index contributed by atoms with van der Waals surface area (Å²) in [6, 6.07) is 15.6. The van der Waals surface area contributed by atoms with E-state index in [0.717, 1.165) is 0 Å². The summed E-state index contributed by atoms with van der Waals surface area (Å²) in [6.45, 7) is 0. The molecule has 0 spiro atoms. The number of esters is 2. The van der Waals surface area contributed by atoms with Crippen molar-refractivity contribution >= 4 is 39.7 Å². The molecule has 0 unspecified atom stereocenters. The highest BCUT2D eigenvalue weighted by atomic mass is 16.5. The van der Waals surface area contributed by atoms with Crippen molar-refractivity contribution in [1.82, 2.24) is 14.8 Å². The standard InChI is InChI=1S/C21H15N3O5/c1-28-20(26)16-15-13-10-6-7-11-14(13)24(19(25)12-8-4-3-5-9-12)18(15)17(23-22-16)21(27)29-2/h3-11H,1-2H3. The lowest BCUT2D eigenvalue weighted by atomic mass is 10.1. The molecule has 144 valence electrons. The Morgan fingerprint density at radius 3 is 2.07 bits per heavy atom. The van der Waals surface area contributed by atoms with E-state index >= 15 is 0 Å². The summed E-state index contributed by atoms with van der Waals surface area (Å²) in [5, 5.41) is 8.63. The molecule has 0 aliphatic rings. The summed E-state index contributed by atoms with van der Waals surface area (Å²) in [5.74, 6) is -1.89. The minimum Gasteiger partial charge on any atom is -0.464 e. The molecule has 4 rings (SSSR count). The first-order valence-corrected chi connectivity index (χ1v) is 8.64. The molecule has 29 heavy (non-hydrogen) atoms.